The second-order valence-corrected chi connectivity index (χ2v) is 4.10. The van der Waals surface area contributed by atoms with Gasteiger partial charge in [-0.2, -0.15) is 0 Å². The van der Waals surface area contributed by atoms with Crippen LogP contribution in [0.25, 0.3) is 0 Å². The van der Waals surface area contributed by atoms with Gasteiger partial charge in [-0.25, -0.2) is 9.59 Å². The summed E-state index contributed by atoms with van der Waals surface area (Å²) >= 11 is 0. The number of rotatable bonds is 11. The van der Waals surface area contributed by atoms with Crippen molar-refractivity contribution in [1.29, 1.82) is 0 Å². The van der Waals surface area contributed by atoms with Crippen LogP contribution in [-0.4, -0.2) is 51.6 Å². The molecule has 0 spiro atoms. The van der Waals surface area contributed by atoms with E-state index in [0.717, 1.165) is 6.08 Å². The number of benzene rings is 1. The first-order valence-electron chi connectivity index (χ1n) is 6.91. The van der Waals surface area contributed by atoms with E-state index >= 15 is 0 Å². The standard InChI is InChI=1S/C16H20O6/c1-2-15(17)21-12-10-19-8-9-20-11-13-22-16(18)14-6-4-3-5-7-14/h2-7H,1,8-13H2. The summed E-state index contributed by atoms with van der Waals surface area (Å²) in [5.41, 5.74) is 0.514. The zero-order chi connectivity index (χ0) is 16.0. The van der Waals surface area contributed by atoms with E-state index in [2.05, 4.69) is 6.58 Å². The summed E-state index contributed by atoms with van der Waals surface area (Å²) in [6, 6.07) is 8.76. The summed E-state index contributed by atoms with van der Waals surface area (Å²) in [6.45, 7) is 4.99. The van der Waals surface area contributed by atoms with Gasteiger partial charge in [-0.05, 0) is 12.1 Å². The average molecular weight is 308 g/mol. The van der Waals surface area contributed by atoms with Crippen molar-refractivity contribution in [1.82, 2.24) is 0 Å². The molecule has 22 heavy (non-hydrogen) atoms. The first-order valence-corrected chi connectivity index (χ1v) is 6.91. The fourth-order valence-electron chi connectivity index (χ4n) is 1.43. The highest BCUT2D eigenvalue weighted by Gasteiger charge is 2.04. The van der Waals surface area contributed by atoms with Gasteiger partial charge in [-0.15, -0.1) is 0 Å². The summed E-state index contributed by atoms with van der Waals surface area (Å²) in [4.78, 5) is 22.3. The zero-order valence-electron chi connectivity index (χ0n) is 12.4. The van der Waals surface area contributed by atoms with Crippen molar-refractivity contribution in [2.75, 3.05) is 39.6 Å². The summed E-state index contributed by atoms with van der Waals surface area (Å²) in [7, 11) is 0. The van der Waals surface area contributed by atoms with E-state index in [1.807, 2.05) is 6.07 Å². The molecule has 0 radical (unpaired) electrons. The van der Waals surface area contributed by atoms with E-state index in [-0.39, 0.29) is 19.2 Å². The molecular weight excluding hydrogens is 288 g/mol. The molecule has 0 atom stereocenters. The monoisotopic (exact) mass is 308 g/mol. The zero-order valence-corrected chi connectivity index (χ0v) is 12.4. The second-order valence-electron chi connectivity index (χ2n) is 4.10. The highest BCUT2D eigenvalue weighted by atomic mass is 16.6. The van der Waals surface area contributed by atoms with Crippen molar-refractivity contribution in [3.63, 3.8) is 0 Å². The van der Waals surface area contributed by atoms with Crippen molar-refractivity contribution in [2.45, 2.75) is 0 Å². The van der Waals surface area contributed by atoms with E-state index in [0.29, 0.717) is 32.0 Å². The molecular formula is C16H20O6. The molecule has 0 unspecified atom stereocenters. The van der Waals surface area contributed by atoms with Crippen LogP contribution in [0.3, 0.4) is 0 Å². The van der Waals surface area contributed by atoms with Gasteiger partial charge in [0.15, 0.2) is 0 Å². The van der Waals surface area contributed by atoms with Gasteiger partial charge >= 0.3 is 11.9 Å². The van der Waals surface area contributed by atoms with E-state index < -0.39 is 5.97 Å². The lowest BCUT2D eigenvalue weighted by Gasteiger charge is -2.07. The maximum absolute atomic E-state index is 11.6. The molecule has 0 amide bonds. The van der Waals surface area contributed by atoms with Crippen molar-refractivity contribution in [3.8, 4) is 0 Å². The molecule has 0 fully saturated rings. The van der Waals surface area contributed by atoms with Crippen LogP contribution in [0.15, 0.2) is 43.0 Å². The quantitative estimate of drug-likeness (QED) is 0.351. The molecule has 1 rings (SSSR count). The molecule has 6 heteroatoms. The molecule has 0 bridgehead atoms. The van der Waals surface area contributed by atoms with Crippen LogP contribution in [0.5, 0.6) is 0 Å². The van der Waals surface area contributed by atoms with E-state index in [1.165, 1.54) is 0 Å². The van der Waals surface area contributed by atoms with Gasteiger partial charge in [-0.3, -0.25) is 0 Å². The highest BCUT2D eigenvalue weighted by Crippen LogP contribution is 2.00. The van der Waals surface area contributed by atoms with E-state index in [1.54, 1.807) is 24.3 Å². The van der Waals surface area contributed by atoms with E-state index in [9.17, 15) is 9.59 Å². The van der Waals surface area contributed by atoms with Crippen molar-refractivity contribution < 1.29 is 28.5 Å². The Balaban J connectivity index is 1.91. The Bertz CT molecular complexity index is 457. The number of carbonyl (C=O) groups is 2. The van der Waals surface area contributed by atoms with Gasteiger partial charge in [0.2, 0.25) is 0 Å². The lowest BCUT2D eigenvalue weighted by atomic mass is 10.2. The smallest absolute Gasteiger partial charge is 0.338 e. The molecule has 0 saturated carbocycles. The Kier molecular flexibility index (Phi) is 9.32. The lowest BCUT2D eigenvalue weighted by molar-refractivity contribution is -0.139. The van der Waals surface area contributed by atoms with Gasteiger partial charge in [0.05, 0.1) is 32.0 Å². The van der Waals surface area contributed by atoms with Crippen LogP contribution in [0.4, 0.5) is 0 Å². The van der Waals surface area contributed by atoms with Crippen LogP contribution in [0, 0.1) is 0 Å². The van der Waals surface area contributed by atoms with Gasteiger partial charge in [0.1, 0.15) is 13.2 Å². The fourth-order valence-corrected chi connectivity index (χ4v) is 1.43. The van der Waals surface area contributed by atoms with Crippen molar-refractivity contribution in [3.05, 3.63) is 48.6 Å². The third-order valence-corrected chi connectivity index (χ3v) is 2.48. The molecule has 0 saturated heterocycles. The molecule has 0 aliphatic carbocycles. The van der Waals surface area contributed by atoms with Gasteiger partial charge < -0.3 is 18.9 Å². The van der Waals surface area contributed by atoms with Crippen LogP contribution in [0.2, 0.25) is 0 Å². The summed E-state index contributed by atoms with van der Waals surface area (Å²) < 4.78 is 20.2. The van der Waals surface area contributed by atoms with Crippen molar-refractivity contribution >= 4 is 11.9 Å². The Labute approximate surface area is 129 Å². The average Bonchev–Trinajstić information content (AvgIpc) is 2.56. The maximum atomic E-state index is 11.6. The topological polar surface area (TPSA) is 71.1 Å². The van der Waals surface area contributed by atoms with Gasteiger partial charge in [0.25, 0.3) is 0 Å². The normalized spacial score (nSPS) is 10.0. The molecule has 1 aromatic rings. The molecule has 0 heterocycles. The molecule has 6 nitrogen and oxygen atoms in total. The minimum atomic E-state index is -0.472. The fraction of sp³-hybridized carbons (Fsp3) is 0.375. The summed E-state index contributed by atoms with van der Waals surface area (Å²) in [6.07, 6.45) is 1.10. The number of esters is 2. The maximum Gasteiger partial charge on any atom is 0.338 e. The van der Waals surface area contributed by atoms with Crippen LogP contribution >= 0.6 is 0 Å². The summed E-state index contributed by atoms with van der Waals surface area (Å²) in [5.74, 6) is -0.843. The second kappa shape index (κ2) is 11.5. The predicted molar refractivity (Wildman–Crippen MR) is 79.5 cm³/mol. The van der Waals surface area contributed by atoms with Crippen molar-refractivity contribution in [2.24, 2.45) is 0 Å². The van der Waals surface area contributed by atoms with Crippen LogP contribution < -0.4 is 0 Å². The molecule has 0 aliphatic heterocycles. The molecule has 0 aromatic heterocycles. The van der Waals surface area contributed by atoms with Crippen LogP contribution in [0.1, 0.15) is 10.4 Å². The van der Waals surface area contributed by atoms with E-state index in [4.69, 9.17) is 18.9 Å². The van der Waals surface area contributed by atoms with Gasteiger partial charge in [-0.1, -0.05) is 24.8 Å². The number of hydrogen-bond donors (Lipinski definition) is 0. The Morgan fingerprint density at radius 1 is 0.864 bits per heavy atom. The summed E-state index contributed by atoms with van der Waals surface area (Å²) in [5, 5.41) is 0. The minimum absolute atomic E-state index is 0.180. The minimum Gasteiger partial charge on any atom is -0.460 e. The Hall–Kier alpha value is -2.18. The molecule has 120 valence electrons. The van der Waals surface area contributed by atoms with Gasteiger partial charge in [0, 0.05) is 6.08 Å². The lowest BCUT2D eigenvalue weighted by Crippen LogP contribution is -2.14. The predicted octanol–water partition coefficient (Wildman–Crippen LogP) is 1.61. The third-order valence-electron chi connectivity index (χ3n) is 2.48. The highest BCUT2D eigenvalue weighted by molar-refractivity contribution is 5.89. The largest absolute Gasteiger partial charge is 0.460 e. The SMILES string of the molecule is C=CC(=O)OCCOCCOCCOC(=O)c1ccccc1. The third kappa shape index (κ3) is 8.18. The number of ether oxygens (including phenoxy) is 4. The first kappa shape index (κ1) is 17.9. The first-order chi connectivity index (χ1) is 10.7. The number of carbonyl (C=O) groups excluding carboxylic acids is 2. The molecule has 1 aromatic carbocycles. The molecule has 0 aliphatic rings. The number of hydrogen-bond acceptors (Lipinski definition) is 6. The van der Waals surface area contributed by atoms with Crippen LogP contribution in [-0.2, 0) is 23.7 Å². The Morgan fingerprint density at radius 3 is 2.00 bits per heavy atom. The molecule has 0 N–H and O–H groups in total. The Morgan fingerprint density at radius 2 is 1.41 bits per heavy atom.